The van der Waals surface area contributed by atoms with E-state index >= 15 is 0 Å². The molecule has 6 heteroatoms. The first-order valence-corrected chi connectivity index (χ1v) is 6.83. The number of ether oxygens (including phenoxy) is 1. The summed E-state index contributed by atoms with van der Waals surface area (Å²) in [7, 11) is 0. The van der Waals surface area contributed by atoms with Crippen molar-refractivity contribution in [3.8, 4) is 11.5 Å². The average molecular weight is 358 g/mol. The van der Waals surface area contributed by atoms with Gasteiger partial charge >= 0.3 is 0 Å². The Labute approximate surface area is 129 Å². The Bertz CT molecular complexity index is 691. The van der Waals surface area contributed by atoms with Gasteiger partial charge in [0.2, 0.25) is 0 Å². The summed E-state index contributed by atoms with van der Waals surface area (Å²) in [5.41, 5.74) is 6.89. The lowest BCUT2D eigenvalue weighted by molar-refractivity contribution is 0.472. The van der Waals surface area contributed by atoms with Crippen molar-refractivity contribution < 1.29 is 9.13 Å². The van der Waals surface area contributed by atoms with Gasteiger partial charge in [0.1, 0.15) is 23.2 Å². The molecular formula is C14H11BrClFN2O. The van der Waals surface area contributed by atoms with Crippen molar-refractivity contribution in [3.63, 3.8) is 0 Å². The fourth-order valence-electron chi connectivity index (χ4n) is 1.64. The maximum Gasteiger partial charge on any atom is 0.145 e. The maximum atomic E-state index is 13.5. The van der Waals surface area contributed by atoms with E-state index in [0.717, 1.165) is 5.56 Å². The van der Waals surface area contributed by atoms with Crippen molar-refractivity contribution in [1.29, 1.82) is 5.41 Å². The Morgan fingerprint density at radius 3 is 2.65 bits per heavy atom. The van der Waals surface area contributed by atoms with Crippen LogP contribution >= 0.6 is 27.5 Å². The topological polar surface area (TPSA) is 59.1 Å². The molecule has 0 aliphatic heterocycles. The molecule has 2 rings (SSSR count). The number of rotatable bonds is 3. The van der Waals surface area contributed by atoms with E-state index in [2.05, 4.69) is 15.9 Å². The van der Waals surface area contributed by atoms with E-state index in [1.165, 1.54) is 12.1 Å². The summed E-state index contributed by atoms with van der Waals surface area (Å²) in [6.45, 7) is 1.88. The number of hydrogen-bond donors (Lipinski definition) is 2. The van der Waals surface area contributed by atoms with Crippen molar-refractivity contribution in [2.45, 2.75) is 6.92 Å². The van der Waals surface area contributed by atoms with E-state index in [1.54, 1.807) is 12.1 Å². The molecule has 0 saturated heterocycles. The largest absolute Gasteiger partial charge is 0.455 e. The molecule has 0 bridgehead atoms. The van der Waals surface area contributed by atoms with E-state index in [1.807, 2.05) is 13.0 Å². The van der Waals surface area contributed by atoms with Crippen LogP contribution in [0.4, 0.5) is 4.39 Å². The molecule has 0 aliphatic carbocycles. The molecule has 0 unspecified atom stereocenters. The fraction of sp³-hybridized carbons (Fsp3) is 0.0714. The fourth-order valence-corrected chi connectivity index (χ4v) is 2.36. The van der Waals surface area contributed by atoms with Crippen LogP contribution in [0.2, 0.25) is 5.02 Å². The minimum absolute atomic E-state index is 0.000239. The van der Waals surface area contributed by atoms with Crippen LogP contribution in [0.15, 0.2) is 34.8 Å². The molecule has 0 heterocycles. The molecule has 0 aromatic heterocycles. The molecule has 0 fully saturated rings. The van der Waals surface area contributed by atoms with Crippen LogP contribution in [-0.4, -0.2) is 5.84 Å². The van der Waals surface area contributed by atoms with Gasteiger partial charge in [-0.2, -0.15) is 0 Å². The lowest BCUT2D eigenvalue weighted by atomic mass is 10.1. The minimum atomic E-state index is -0.582. The van der Waals surface area contributed by atoms with Crippen LogP contribution in [0.3, 0.4) is 0 Å². The van der Waals surface area contributed by atoms with Crippen LogP contribution in [0.1, 0.15) is 11.1 Å². The van der Waals surface area contributed by atoms with E-state index in [4.69, 9.17) is 27.5 Å². The number of aryl methyl sites for hydroxylation is 1. The third-order valence-corrected chi connectivity index (χ3v) is 3.53. The quantitative estimate of drug-likeness (QED) is 0.478. The monoisotopic (exact) mass is 356 g/mol. The molecule has 0 saturated carbocycles. The van der Waals surface area contributed by atoms with Crippen molar-refractivity contribution >= 4 is 33.4 Å². The van der Waals surface area contributed by atoms with Gasteiger partial charge in [0.15, 0.2) is 0 Å². The van der Waals surface area contributed by atoms with Gasteiger partial charge in [-0.25, -0.2) is 4.39 Å². The summed E-state index contributed by atoms with van der Waals surface area (Å²) in [6, 6.07) is 7.83. The Kier molecular flexibility index (Phi) is 4.30. The maximum absolute atomic E-state index is 13.5. The first kappa shape index (κ1) is 14.8. The summed E-state index contributed by atoms with van der Waals surface area (Å²) in [5, 5.41) is 7.53. The predicted octanol–water partition coefficient (Wildman–Crippen LogP) is 4.63. The molecule has 0 atom stereocenters. The Morgan fingerprint density at radius 2 is 2.00 bits per heavy atom. The first-order valence-electron chi connectivity index (χ1n) is 5.66. The summed E-state index contributed by atoms with van der Waals surface area (Å²) in [4.78, 5) is 0. The van der Waals surface area contributed by atoms with Gasteiger partial charge < -0.3 is 10.5 Å². The van der Waals surface area contributed by atoms with Crippen molar-refractivity contribution in [2.24, 2.45) is 5.73 Å². The highest BCUT2D eigenvalue weighted by Gasteiger charge is 2.12. The summed E-state index contributed by atoms with van der Waals surface area (Å²) >= 11 is 8.94. The second-order valence-corrected chi connectivity index (χ2v) is 5.47. The normalized spacial score (nSPS) is 10.4. The highest BCUT2D eigenvalue weighted by molar-refractivity contribution is 9.10. The molecule has 2 aromatic carbocycles. The molecule has 104 valence electrons. The van der Waals surface area contributed by atoms with E-state index in [-0.39, 0.29) is 16.6 Å². The third-order valence-electron chi connectivity index (χ3n) is 2.62. The minimum Gasteiger partial charge on any atom is -0.455 e. The van der Waals surface area contributed by atoms with Gasteiger partial charge in [-0.1, -0.05) is 17.7 Å². The van der Waals surface area contributed by atoms with E-state index in [0.29, 0.717) is 15.8 Å². The van der Waals surface area contributed by atoms with Gasteiger partial charge in [0, 0.05) is 6.07 Å². The molecule has 0 aliphatic rings. The zero-order valence-electron chi connectivity index (χ0n) is 10.5. The smallest absolute Gasteiger partial charge is 0.145 e. The summed E-state index contributed by atoms with van der Waals surface area (Å²) in [6.07, 6.45) is 0. The van der Waals surface area contributed by atoms with Crippen LogP contribution in [-0.2, 0) is 0 Å². The van der Waals surface area contributed by atoms with E-state index in [9.17, 15) is 4.39 Å². The van der Waals surface area contributed by atoms with Crippen molar-refractivity contribution in [3.05, 3.63) is 56.8 Å². The first-order chi connectivity index (χ1) is 9.38. The van der Waals surface area contributed by atoms with Gasteiger partial charge in [0.05, 0.1) is 15.1 Å². The molecule has 0 amide bonds. The van der Waals surface area contributed by atoms with Crippen LogP contribution < -0.4 is 10.5 Å². The average Bonchev–Trinajstić information content (AvgIpc) is 2.35. The zero-order valence-corrected chi connectivity index (χ0v) is 12.8. The zero-order chi connectivity index (χ0) is 14.9. The lowest BCUT2D eigenvalue weighted by Gasteiger charge is -2.13. The van der Waals surface area contributed by atoms with Crippen LogP contribution in [0, 0.1) is 18.2 Å². The molecule has 20 heavy (non-hydrogen) atoms. The van der Waals surface area contributed by atoms with Gasteiger partial charge in [-0.3, -0.25) is 5.41 Å². The summed E-state index contributed by atoms with van der Waals surface area (Å²) in [5.74, 6) is -0.0487. The molecule has 0 radical (unpaired) electrons. The highest BCUT2D eigenvalue weighted by Crippen LogP contribution is 2.35. The number of amidine groups is 1. The van der Waals surface area contributed by atoms with Gasteiger partial charge in [0.25, 0.3) is 0 Å². The van der Waals surface area contributed by atoms with Crippen LogP contribution in [0.25, 0.3) is 0 Å². The number of benzene rings is 2. The molecule has 3 nitrogen and oxygen atoms in total. The SMILES string of the molecule is Cc1ccc(C(=N)N)c(Oc2cc(F)c(Cl)cc2Br)c1. The number of hydrogen-bond acceptors (Lipinski definition) is 2. The molecule has 2 aromatic rings. The number of nitrogen functional groups attached to an aromatic ring is 1. The van der Waals surface area contributed by atoms with Gasteiger partial charge in [-0.05, 0) is 46.6 Å². The molecule has 3 N–H and O–H groups in total. The lowest BCUT2D eigenvalue weighted by Crippen LogP contribution is -2.12. The Hall–Kier alpha value is -1.59. The van der Waals surface area contributed by atoms with Gasteiger partial charge in [-0.15, -0.1) is 0 Å². The standard InChI is InChI=1S/C14H11BrClFN2O/c1-7-2-3-8(14(18)19)12(4-7)20-13-6-11(17)10(16)5-9(13)15/h2-6H,1H3,(H3,18,19). The number of halogens is 3. The van der Waals surface area contributed by atoms with Crippen molar-refractivity contribution in [1.82, 2.24) is 0 Å². The Balaban J connectivity index is 2.47. The molecule has 0 spiro atoms. The second kappa shape index (κ2) is 5.81. The number of nitrogens with one attached hydrogen (secondary N) is 1. The summed E-state index contributed by atoms with van der Waals surface area (Å²) < 4.78 is 19.7. The van der Waals surface area contributed by atoms with E-state index < -0.39 is 5.82 Å². The number of nitrogens with two attached hydrogens (primary N) is 1. The predicted molar refractivity (Wildman–Crippen MR) is 81.4 cm³/mol. The van der Waals surface area contributed by atoms with Crippen LogP contribution in [0.5, 0.6) is 11.5 Å². The molecular weight excluding hydrogens is 347 g/mol. The second-order valence-electron chi connectivity index (χ2n) is 4.21. The Morgan fingerprint density at radius 1 is 1.30 bits per heavy atom. The van der Waals surface area contributed by atoms with Crippen molar-refractivity contribution in [2.75, 3.05) is 0 Å². The highest BCUT2D eigenvalue weighted by atomic mass is 79.9. The third kappa shape index (κ3) is 3.11.